The van der Waals surface area contributed by atoms with Gasteiger partial charge in [-0.05, 0) is 55.0 Å². The van der Waals surface area contributed by atoms with Crippen molar-refractivity contribution in [2.75, 3.05) is 0 Å². The number of carbonyl (C=O) groups excluding carboxylic acids is 1. The third kappa shape index (κ3) is 11.9. The molecule has 0 amide bonds. The third-order valence-electron chi connectivity index (χ3n) is 5.16. The summed E-state index contributed by atoms with van der Waals surface area (Å²) in [7, 11) is -8.58. The van der Waals surface area contributed by atoms with Crippen molar-refractivity contribution in [2.45, 2.75) is 80.9 Å². The fourth-order valence-corrected chi connectivity index (χ4v) is 4.69. The largest absolute Gasteiger partial charge is 1.00 e. The average Bonchev–Trinajstić information content (AvgIpc) is 2.78. The van der Waals surface area contributed by atoms with Crippen molar-refractivity contribution >= 4 is 26.2 Å². The summed E-state index contributed by atoms with van der Waals surface area (Å²) in [5, 5.41) is 0. The zero-order chi connectivity index (χ0) is 25.0. The molecule has 0 saturated carbocycles. The molecule has 0 saturated heterocycles. The smallest absolute Gasteiger partial charge is 1.00 e. The molecule has 0 atom stereocenters. The van der Waals surface area contributed by atoms with E-state index in [4.69, 9.17) is 13.5 Å². The number of rotatable bonds is 15. The molecule has 0 aliphatic rings. The molecule has 1 N–H and O–H groups in total. The number of carbonyl (C=O) groups is 1. The maximum atomic E-state index is 12.4. The number of benzene rings is 2. The van der Waals surface area contributed by atoms with Crippen LogP contribution in [0.1, 0.15) is 72.6 Å². The van der Waals surface area contributed by atoms with E-state index >= 15 is 0 Å². The van der Waals surface area contributed by atoms with Crippen molar-refractivity contribution in [3.63, 3.8) is 0 Å². The second-order valence-electron chi connectivity index (χ2n) is 8.01. The van der Waals surface area contributed by atoms with Gasteiger partial charge in [0, 0.05) is 6.42 Å². The van der Waals surface area contributed by atoms with E-state index in [-0.39, 0.29) is 58.2 Å². The van der Waals surface area contributed by atoms with E-state index in [1.165, 1.54) is 62.8 Å². The summed E-state index contributed by atoms with van der Waals surface area (Å²) in [5.41, 5.74) is 0. The predicted molar refractivity (Wildman–Crippen MR) is 129 cm³/mol. The Morgan fingerprint density at radius 3 is 1.71 bits per heavy atom. The zero-order valence-corrected chi connectivity index (χ0v) is 23.9. The van der Waals surface area contributed by atoms with Gasteiger partial charge < -0.3 is 10.3 Å². The molecule has 0 aromatic heterocycles. The molecule has 35 heavy (non-hydrogen) atoms. The van der Waals surface area contributed by atoms with Crippen LogP contribution in [0.3, 0.4) is 0 Å². The fraction of sp³-hybridized carbons (Fsp3) is 0.458. The number of unbranched alkanes of at least 4 members (excludes halogenated alkanes) is 8. The SMILES string of the molecule is CCCCCCCCCCCC(=O)Oc1ccc(S(=O)(=O)Oc2ccc(S(=O)(=O)O)cc2)cc1.[H-].[Na+]. The molecule has 2 aromatic rings. The maximum Gasteiger partial charge on any atom is 1.00 e. The normalized spacial score (nSPS) is 11.5. The Hall–Kier alpha value is -1.43. The van der Waals surface area contributed by atoms with E-state index in [0.717, 1.165) is 43.5 Å². The van der Waals surface area contributed by atoms with Crippen molar-refractivity contribution in [1.82, 2.24) is 0 Å². The topological polar surface area (TPSA) is 124 Å². The van der Waals surface area contributed by atoms with Crippen LogP contribution in [-0.2, 0) is 25.0 Å². The molecular weight excluding hydrogens is 503 g/mol. The molecule has 2 rings (SSSR count). The van der Waals surface area contributed by atoms with Gasteiger partial charge in [0.15, 0.2) is 0 Å². The first kappa shape index (κ1) is 31.6. The van der Waals surface area contributed by atoms with Gasteiger partial charge in [-0.3, -0.25) is 9.35 Å². The summed E-state index contributed by atoms with van der Waals surface area (Å²) >= 11 is 0. The minimum atomic E-state index is -4.39. The van der Waals surface area contributed by atoms with Gasteiger partial charge in [-0.2, -0.15) is 16.8 Å². The minimum Gasteiger partial charge on any atom is -1.00 e. The first-order valence-corrected chi connectivity index (χ1v) is 14.3. The number of hydrogen-bond acceptors (Lipinski definition) is 7. The van der Waals surface area contributed by atoms with Crippen LogP contribution >= 0.6 is 0 Å². The Bertz CT molecular complexity index is 1120. The summed E-state index contributed by atoms with van der Waals surface area (Å²) < 4.78 is 66.2. The van der Waals surface area contributed by atoms with Crippen LogP contribution in [0.15, 0.2) is 58.3 Å². The standard InChI is InChI=1S/C24H32O8S2.Na.H/c1-2-3-4-5-6-7-8-9-10-11-24(25)31-20-12-18-23(19-13-20)34(29,30)32-21-14-16-22(17-15-21)33(26,27)28;;/h12-19H,2-11H2,1H3,(H,26,27,28);;/q;+1;-1. The Morgan fingerprint density at radius 2 is 1.20 bits per heavy atom. The van der Waals surface area contributed by atoms with Crippen molar-refractivity contribution in [1.29, 1.82) is 0 Å². The fourth-order valence-electron chi connectivity index (χ4n) is 3.28. The van der Waals surface area contributed by atoms with Gasteiger partial charge in [-0.1, -0.05) is 58.3 Å². The summed E-state index contributed by atoms with van der Waals surface area (Å²) in [6, 6.07) is 9.52. The van der Waals surface area contributed by atoms with Gasteiger partial charge >= 0.3 is 45.6 Å². The van der Waals surface area contributed by atoms with Gasteiger partial charge in [0.25, 0.3) is 10.1 Å². The predicted octanol–water partition coefficient (Wildman–Crippen LogP) is 2.64. The third-order valence-corrected chi connectivity index (χ3v) is 7.29. The van der Waals surface area contributed by atoms with Crippen molar-refractivity contribution in [2.24, 2.45) is 0 Å². The molecule has 8 nitrogen and oxygen atoms in total. The van der Waals surface area contributed by atoms with E-state index in [1.807, 2.05) is 0 Å². The molecule has 0 fully saturated rings. The molecule has 0 aliphatic heterocycles. The molecule has 190 valence electrons. The molecule has 11 heteroatoms. The van der Waals surface area contributed by atoms with Gasteiger partial charge in [0.1, 0.15) is 16.4 Å². The van der Waals surface area contributed by atoms with Crippen LogP contribution in [0.4, 0.5) is 0 Å². The molecule has 2 aromatic carbocycles. The Kier molecular flexibility index (Phi) is 14.1. The van der Waals surface area contributed by atoms with Crippen LogP contribution in [0.5, 0.6) is 11.5 Å². The summed E-state index contributed by atoms with van der Waals surface area (Å²) in [6.07, 6.45) is 10.6. The van der Waals surface area contributed by atoms with Gasteiger partial charge in [-0.25, -0.2) is 0 Å². The number of esters is 1. The van der Waals surface area contributed by atoms with E-state index in [2.05, 4.69) is 6.92 Å². The van der Waals surface area contributed by atoms with Crippen molar-refractivity contribution in [3.8, 4) is 11.5 Å². The quantitative estimate of drug-likeness (QED) is 0.0920. The Labute approximate surface area is 232 Å². The average molecular weight is 537 g/mol. The second kappa shape index (κ2) is 15.6. The summed E-state index contributed by atoms with van der Waals surface area (Å²) in [5.74, 6) is -0.255. The Balaban J connectivity index is 0.00000612. The summed E-state index contributed by atoms with van der Waals surface area (Å²) in [6.45, 7) is 2.20. The molecule has 0 radical (unpaired) electrons. The molecule has 0 heterocycles. The Morgan fingerprint density at radius 1 is 0.743 bits per heavy atom. The van der Waals surface area contributed by atoms with E-state index in [1.54, 1.807) is 0 Å². The molecule has 0 aliphatic carbocycles. The molecular formula is C24H33NaO8S2. The first-order chi connectivity index (χ1) is 16.1. The number of ether oxygens (including phenoxy) is 1. The summed E-state index contributed by atoms with van der Waals surface area (Å²) in [4.78, 5) is 11.5. The van der Waals surface area contributed by atoms with Gasteiger partial charge in [0.2, 0.25) is 0 Å². The van der Waals surface area contributed by atoms with Crippen LogP contribution in [-0.4, -0.2) is 27.4 Å². The van der Waals surface area contributed by atoms with E-state index < -0.39 is 20.2 Å². The monoisotopic (exact) mass is 536 g/mol. The number of hydrogen-bond donors (Lipinski definition) is 1. The van der Waals surface area contributed by atoms with Crippen molar-refractivity contribution in [3.05, 3.63) is 48.5 Å². The van der Waals surface area contributed by atoms with Crippen LogP contribution in [0.25, 0.3) is 0 Å². The zero-order valence-electron chi connectivity index (χ0n) is 21.3. The molecule has 0 bridgehead atoms. The van der Waals surface area contributed by atoms with Gasteiger partial charge in [-0.15, -0.1) is 0 Å². The van der Waals surface area contributed by atoms with E-state index in [9.17, 15) is 21.6 Å². The first-order valence-electron chi connectivity index (χ1n) is 11.4. The van der Waals surface area contributed by atoms with Gasteiger partial charge in [0.05, 0.1) is 4.90 Å². The van der Waals surface area contributed by atoms with Crippen LogP contribution < -0.4 is 38.5 Å². The minimum absolute atomic E-state index is 0. The molecule has 0 unspecified atom stereocenters. The maximum absolute atomic E-state index is 12.4. The molecule has 0 spiro atoms. The van der Waals surface area contributed by atoms with Crippen LogP contribution in [0.2, 0.25) is 0 Å². The van der Waals surface area contributed by atoms with Crippen molar-refractivity contribution < 1.29 is 66.1 Å². The second-order valence-corrected chi connectivity index (χ2v) is 11.0. The van der Waals surface area contributed by atoms with Crippen LogP contribution in [0, 0.1) is 0 Å². The van der Waals surface area contributed by atoms with E-state index in [0.29, 0.717) is 6.42 Å².